The van der Waals surface area contributed by atoms with Crippen molar-refractivity contribution in [2.75, 3.05) is 0 Å². The fourth-order valence-corrected chi connectivity index (χ4v) is 1.13. The second kappa shape index (κ2) is 5.73. The molecule has 1 aromatic heterocycles. The van der Waals surface area contributed by atoms with Gasteiger partial charge in [0.25, 0.3) is 0 Å². The van der Waals surface area contributed by atoms with Crippen molar-refractivity contribution in [2.24, 2.45) is 0 Å². The van der Waals surface area contributed by atoms with Crippen LogP contribution in [-0.4, -0.2) is 14.8 Å². The van der Waals surface area contributed by atoms with E-state index >= 15 is 0 Å². The minimum Gasteiger partial charge on any atom is -0.250 e. The molecule has 76 valence electrons. The van der Waals surface area contributed by atoms with Crippen LogP contribution in [0.25, 0.3) is 0 Å². The van der Waals surface area contributed by atoms with Crippen LogP contribution in [0, 0.1) is 6.92 Å². The molecule has 1 aromatic rings. The molecule has 0 saturated carbocycles. The van der Waals surface area contributed by atoms with Crippen LogP contribution < -0.4 is 0 Å². The molecule has 0 bridgehead atoms. The van der Waals surface area contributed by atoms with E-state index in [-0.39, 0.29) is 0 Å². The molecule has 0 N–H and O–H groups in total. The Hall–Kier alpha value is -0.860. The number of hydrogen-bond donors (Lipinski definition) is 0. The van der Waals surface area contributed by atoms with Crippen LogP contribution >= 0.6 is 0 Å². The Morgan fingerprint density at radius 2 is 1.85 bits per heavy atom. The lowest BCUT2D eigenvalue weighted by Crippen LogP contribution is -2.04. The second-order valence-electron chi connectivity index (χ2n) is 2.99. The zero-order valence-electron chi connectivity index (χ0n) is 9.63. The summed E-state index contributed by atoms with van der Waals surface area (Å²) >= 11 is 0. The largest absolute Gasteiger partial charge is 0.250 e. The molecule has 13 heavy (non-hydrogen) atoms. The third kappa shape index (κ3) is 3.17. The Bertz CT molecular complexity index is 238. The summed E-state index contributed by atoms with van der Waals surface area (Å²) in [5.41, 5.74) is 0. The molecule has 1 heterocycles. The lowest BCUT2D eigenvalue weighted by atomic mass is 10.2. The van der Waals surface area contributed by atoms with Crippen molar-refractivity contribution in [3.8, 4) is 0 Å². The monoisotopic (exact) mass is 183 g/mol. The standard InChI is InChI=1S/C8H15N3.C2H6/c1-5-11-8(6(2)3)9-7(4)10-11;1-2/h6H,5H2,1-4H3;1-2H3. The summed E-state index contributed by atoms with van der Waals surface area (Å²) in [5, 5.41) is 4.26. The van der Waals surface area contributed by atoms with Crippen LogP contribution in [0.4, 0.5) is 0 Å². The molecule has 0 saturated heterocycles. The van der Waals surface area contributed by atoms with Crippen molar-refractivity contribution in [1.29, 1.82) is 0 Å². The molecule has 3 heteroatoms. The van der Waals surface area contributed by atoms with E-state index in [0.717, 1.165) is 18.2 Å². The van der Waals surface area contributed by atoms with Gasteiger partial charge in [-0.2, -0.15) is 5.10 Å². The van der Waals surface area contributed by atoms with Crippen molar-refractivity contribution in [2.45, 2.75) is 54.0 Å². The molecule has 0 amide bonds. The van der Waals surface area contributed by atoms with Crippen molar-refractivity contribution in [1.82, 2.24) is 14.8 Å². The van der Waals surface area contributed by atoms with Gasteiger partial charge in [0, 0.05) is 12.5 Å². The molecule has 3 nitrogen and oxygen atoms in total. The average molecular weight is 183 g/mol. The van der Waals surface area contributed by atoms with Crippen LogP contribution in [0.15, 0.2) is 0 Å². The normalized spacial score (nSPS) is 9.77. The lowest BCUT2D eigenvalue weighted by Gasteiger charge is -2.04. The topological polar surface area (TPSA) is 30.7 Å². The van der Waals surface area contributed by atoms with Gasteiger partial charge in [0.1, 0.15) is 11.6 Å². The Labute approximate surface area is 81.2 Å². The fraction of sp³-hybridized carbons (Fsp3) is 0.800. The summed E-state index contributed by atoms with van der Waals surface area (Å²) in [6.07, 6.45) is 0. The number of aromatic nitrogens is 3. The predicted molar refractivity (Wildman–Crippen MR) is 55.9 cm³/mol. The highest BCUT2D eigenvalue weighted by molar-refractivity contribution is 4.95. The van der Waals surface area contributed by atoms with Crippen molar-refractivity contribution in [3.63, 3.8) is 0 Å². The van der Waals surface area contributed by atoms with E-state index < -0.39 is 0 Å². The zero-order valence-corrected chi connectivity index (χ0v) is 9.63. The highest BCUT2D eigenvalue weighted by atomic mass is 15.3. The molecule has 1 rings (SSSR count). The average Bonchev–Trinajstić information content (AvgIpc) is 2.50. The molecule has 0 aliphatic heterocycles. The van der Waals surface area contributed by atoms with Gasteiger partial charge in [-0.25, -0.2) is 9.67 Å². The summed E-state index contributed by atoms with van der Waals surface area (Å²) in [6, 6.07) is 0. The van der Waals surface area contributed by atoms with Gasteiger partial charge in [0.05, 0.1) is 0 Å². The third-order valence-corrected chi connectivity index (χ3v) is 1.62. The summed E-state index contributed by atoms with van der Waals surface area (Å²) < 4.78 is 1.96. The van der Waals surface area contributed by atoms with E-state index in [1.54, 1.807) is 0 Å². The van der Waals surface area contributed by atoms with Gasteiger partial charge >= 0.3 is 0 Å². The summed E-state index contributed by atoms with van der Waals surface area (Å²) in [5.74, 6) is 2.43. The van der Waals surface area contributed by atoms with Gasteiger partial charge in [-0.05, 0) is 13.8 Å². The van der Waals surface area contributed by atoms with Gasteiger partial charge in [-0.3, -0.25) is 0 Å². The predicted octanol–water partition coefficient (Wildman–Crippen LogP) is 2.76. The number of rotatable bonds is 2. The molecule has 0 aromatic carbocycles. The molecule has 0 unspecified atom stereocenters. The van der Waals surface area contributed by atoms with E-state index in [9.17, 15) is 0 Å². The highest BCUT2D eigenvalue weighted by Gasteiger charge is 2.08. The molecular formula is C10H21N3. The first-order valence-corrected chi connectivity index (χ1v) is 5.06. The van der Waals surface area contributed by atoms with Crippen LogP contribution in [-0.2, 0) is 6.54 Å². The molecule has 0 spiro atoms. The molecule has 0 radical (unpaired) electrons. The van der Waals surface area contributed by atoms with E-state index in [0.29, 0.717) is 5.92 Å². The maximum atomic E-state index is 4.33. The highest BCUT2D eigenvalue weighted by Crippen LogP contribution is 2.10. The number of hydrogen-bond acceptors (Lipinski definition) is 2. The Balaban J connectivity index is 0.000000671. The molecule has 0 aliphatic rings. The number of nitrogens with zero attached hydrogens (tertiary/aromatic N) is 3. The minimum absolute atomic E-state index is 0.469. The van der Waals surface area contributed by atoms with E-state index in [1.165, 1.54) is 0 Å². The smallest absolute Gasteiger partial charge is 0.147 e. The minimum atomic E-state index is 0.469. The first-order chi connectivity index (χ1) is 6.15. The van der Waals surface area contributed by atoms with E-state index in [4.69, 9.17) is 0 Å². The first-order valence-electron chi connectivity index (χ1n) is 5.06. The van der Waals surface area contributed by atoms with Crippen LogP contribution in [0.5, 0.6) is 0 Å². The Morgan fingerprint density at radius 1 is 1.31 bits per heavy atom. The quantitative estimate of drug-likeness (QED) is 0.706. The summed E-state index contributed by atoms with van der Waals surface area (Å²) in [7, 11) is 0. The van der Waals surface area contributed by atoms with Gasteiger partial charge in [0.2, 0.25) is 0 Å². The maximum Gasteiger partial charge on any atom is 0.147 e. The molecular weight excluding hydrogens is 162 g/mol. The summed E-state index contributed by atoms with van der Waals surface area (Å²) in [4.78, 5) is 4.33. The Morgan fingerprint density at radius 3 is 2.15 bits per heavy atom. The van der Waals surface area contributed by atoms with Crippen LogP contribution in [0.1, 0.15) is 52.2 Å². The molecule has 0 fully saturated rings. The first kappa shape index (κ1) is 12.1. The fourth-order valence-electron chi connectivity index (χ4n) is 1.13. The maximum absolute atomic E-state index is 4.33. The third-order valence-electron chi connectivity index (χ3n) is 1.62. The van der Waals surface area contributed by atoms with Gasteiger partial charge in [0.15, 0.2) is 0 Å². The number of aryl methyl sites for hydroxylation is 2. The van der Waals surface area contributed by atoms with E-state index in [1.807, 2.05) is 25.5 Å². The second-order valence-corrected chi connectivity index (χ2v) is 2.99. The van der Waals surface area contributed by atoms with Crippen molar-refractivity contribution < 1.29 is 0 Å². The van der Waals surface area contributed by atoms with Gasteiger partial charge in [-0.15, -0.1) is 0 Å². The van der Waals surface area contributed by atoms with Crippen LogP contribution in [0.2, 0.25) is 0 Å². The van der Waals surface area contributed by atoms with Gasteiger partial charge in [-0.1, -0.05) is 27.7 Å². The molecule has 0 atom stereocenters. The van der Waals surface area contributed by atoms with Crippen molar-refractivity contribution in [3.05, 3.63) is 11.6 Å². The summed E-state index contributed by atoms with van der Waals surface area (Å²) in [6.45, 7) is 13.2. The zero-order chi connectivity index (χ0) is 10.4. The van der Waals surface area contributed by atoms with Crippen LogP contribution in [0.3, 0.4) is 0 Å². The van der Waals surface area contributed by atoms with E-state index in [2.05, 4.69) is 30.9 Å². The molecule has 0 aliphatic carbocycles. The van der Waals surface area contributed by atoms with Gasteiger partial charge < -0.3 is 0 Å². The lowest BCUT2D eigenvalue weighted by molar-refractivity contribution is 0.587. The SMILES string of the molecule is CC.CCn1nc(C)nc1C(C)C. The Kier molecular flexibility index (Phi) is 5.35. The van der Waals surface area contributed by atoms with Crippen molar-refractivity contribution >= 4 is 0 Å².